The fourth-order valence-electron chi connectivity index (χ4n) is 8.44. The summed E-state index contributed by atoms with van der Waals surface area (Å²) >= 11 is 0. The van der Waals surface area contributed by atoms with Gasteiger partial charge >= 0.3 is 0 Å². The van der Waals surface area contributed by atoms with Gasteiger partial charge in [0.2, 0.25) is 0 Å². The molecule has 4 heteroatoms. The predicted octanol–water partition coefficient (Wildman–Crippen LogP) is 13.9. The van der Waals surface area contributed by atoms with Gasteiger partial charge in [-0.05, 0) is 74.0 Å². The summed E-state index contributed by atoms with van der Waals surface area (Å²) in [5.41, 5.74) is 10.8. The van der Waals surface area contributed by atoms with Crippen molar-refractivity contribution in [3.63, 3.8) is 0 Å². The molecule has 268 valence electrons. The Morgan fingerprint density at radius 3 is 1.82 bits per heavy atom. The van der Waals surface area contributed by atoms with Crippen LogP contribution in [0.25, 0.3) is 94.3 Å². The predicted molar refractivity (Wildman–Crippen MR) is 235 cm³/mol. The van der Waals surface area contributed by atoms with Gasteiger partial charge < -0.3 is 4.42 Å². The van der Waals surface area contributed by atoms with Crippen LogP contribution in [0.1, 0.15) is 23.5 Å². The van der Waals surface area contributed by atoms with Gasteiger partial charge in [-0.2, -0.15) is 0 Å². The number of fused-ring (bicyclic) bond motifs is 5. The maximum atomic E-state index is 6.53. The molecule has 0 aliphatic heterocycles. The molecule has 2 aromatic heterocycles. The third-order valence-electron chi connectivity index (χ3n) is 11.3. The van der Waals surface area contributed by atoms with Crippen LogP contribution in [0.5, 0.6) is 0 Å². The van der Waals surface area contributed by atoms with Gasteiger partial charge in [0.25, 0.3) is 0 Å². The van der Waals surface area contributed by atoms with Crippen molar-refractivity contribution in [1.29, 1.82) is 0 Å². The van der Waals surface area contributed by atoms with Gasteiger partial charge in [-0.1, -0.05) is 176 Å². The van der Waals surface area contributed by atoms with Gasteiger partial charge in [-0.15, -0.1) is 0 Å². The summed E-state index contributed by atoms with van der Waals surface area (Å²) in [5, 5.41) is 7.03. The SMILES string of the molecule is C1=CC(c2ccc3c(-c4nc(-c5ccccc5)nc(-c5ccccc5)n4)cccc3c2)CC=C1c1cc(-c2cccc3ccccc23)cc2oc3ccccc3c12. The van der Waals surface area contributed by atoms with Gasteiger partial charge in [-0.3, -0.25) is 0 Å². The minimum atomic E-state index is 0.242. The number of furan rings is 1. The average Bonchev–Trinajstić information content (AvgIpc) is 3.67. The molecule has 0 radical (unpaired) electrons. The number of benzene rings is 8. The van der Waals surface area contributed by atoms with Gasteiger partial charge in [-0.25, -0.2) is 15.0 Å². The van der Waals surface area contributed by atoms with Crippen molar-refractivity contribution in [2.75, 3.05) is 0 Å². The molecule has 0 saturated carbocycles. The maximum absolute atomic E-state index is 6.53. The Balaban J connectivity index is 0.960. The molecule has 1 aliphatic carbocycles. The molecule has 1 aliphatic rings. The van der Waals surface area contributed by atoms with Crippen LogP contribution < -0.4 is 0 Å². The second kappa shape index (κ2) is 13.7. The number of allylic oxidation sites excluding steroid dienone is 4. The second-order valence-corrected chi connectivity index (χ2v) is 14.7. The first-order valence-corrected chi connectivity index (χ1v) is 19.5. The molecule has 2 heterocycles. The van der Waals surface area contributed by atoms with E-state index in [0.29, 0.717) is 17.5 Å². The smallest absolute Gasteiger partial charge is 0.164 e. The molecule has 0 amide bonds. The summed E-state index contributed by atoms with van der Waals surface area (Å²) in [6.45, 7) is 0. The van der Waals surface area contributed by atoms with Gasteiger partial charge in [0.1, 0.15) is 11.2 Å². The fraction of sp³-hybridized carbons (Fsp3) is 0.0377. The Hall–Kier alpha value is -7.43. The Morgan fingerprint density at radius 2 is 1.07 bits per heavy atom. The lowest BCUT2D eigenvalue weighted by molar-refractivity contribution is 0.669. The monoisotopic (exact) mass is 729 g/mol. The summed E-state index contributed by atoms with van der Waals surface area (Å²) in [6, 6.07) is 61.6. The molecule has 57 heavy (non-hydrogen) atoms. The highest BCUT2D eigenvalue weighted by Crippen LogP contribution is 2.42. The van der Waals surface area contributed by atoms with Crippen molar-refractivity contribution in [3.05, 3.63) is 205 Å². The zero-order valence-corrected chi connectivity index (χ0v) is 31.0. The maximum Gasteiger partial charge on any atom is 0.164 e. The van der Waals surface area contributed by atoms with Gasteiger partial charge in [0.05, 0.1) is 0 Å². The van der Waals surface area contributed by atoms with Crippen LogP contribution in [-0.2, 0) is 0 Å². The molecule has 0 fully saturated rings. The van der Waals surface area contributed by atoms with Crippen LogP contribution in [-0.4, -0.2) is 15.0 Å². The normalized spacial score (nSPS) is 14.1. The summed E-state index contributed by atoms with van der Waals surface area (Å²) < 4.78 is 6.53. The van der Waals surface area contributed by atoms with Gasteiger partial charge in [0, 0.05) is 33.4 Å². The van der Waals surface area contributed by atoms with Crippen molar-refractivity contribution < 1.29 is 4.42 Å². The van der Waals surface area contributed by atoms with Crippen LogP contribution in [0.4, 0.5) is 0 Å². The van der Waals surface area contributed by atoms with Crippen LogP contribution >= 0.6 is 0 Å². The molecule has 0 N–H and O–H groups in total. The van der Waals surface area contributed by atoms with Crippen LogP contribution in [0.3, 0.4) is 0 Å². The van der Waals surface area contributed by atoms with E-state index in [-0.39, 0.29) is 5.92 Å². The Bertz CT molecular complexity index is 3150. The van der Waals surface area contributed by atoms with E-state index in [2.05, 4.69) is 127 Å². The van der Waals surface area contributed by atoms with E-state index in [1.807, 2.05) is 66.7 Å². The first kappa shape index (κ1) is 33.0. The number of rotatable bonds is 6. The Kier molecular flexibility index (Phi) is 7.92. The van der Waals surface area contributed by atoms with E-state index in [4.69, 9.17) is 19.4 Å². The topological polar surface area (TPSA) is 51.8 Å². The third kappa shape index (κ3) is 5.90. The summed E-state index contributed by atoms with van der Waals surface area (Å²) in [6.07, 6.45) is 7.96. The largest absolute Gasteiger partial charge is 0.456 e. The lowest BCUT2D eigenvalue weighted by atomic mass is 9.85. The van der Waals surface area contributed by atoms with Gasteiger partial charge in [0.15, 0.2) is 17.5 Å². The lowest BCUT2D eigenvalue weighted by Crippen LogP contribution is -2.01. The molecular weight excluding hydrogens is 695 g/mol. The van der Waals surface area contributed by atoms with Crippen molar-refractivity contribution in [3.8, 4) is 45.3 Å². The van der Waals surface area contributed by atoms with E-state index >= 15 is 0 Å². The number of hydrogen-bond donors (Lipinski definition) is 0. The number of hydrogen-bond acceptors (Lipinski definition) is 4. The molecule has 1 unspecified atom stereocenters. The number of para-hydroxylation sites is 1. The van der Waals surface area contributed by atoms with E-state index in [0.717, 1.165) is 61.4 Å². The Labute approximate surface area is 330 Å². The lowest BCUT2D eigenvalue weighted by Gasteiger charge is -2.19. The number of nitrogens with zero attached hydrogens (tertiary/aromatic N) is 3. The second-order valence-electron chi connectivity index (χ2n) is 14.7. The molecule has 0 bridgehead atoms. The molecule has 1 atom stereocenters. The molecular formula is C53H35N3O. The minimum absolute atomic E-state index is 0.242. The van der Waals surface area contributed by atoms with Crippen LogP contribution in [0.2, 0.25) is 0 Å². The summed E-state index contributed by atoms with van der Waals surface area (Å²) in [4.78, 5) is 15.0. The van der Waals surface area contributed by atoms with Crippen molar-refractivity contribution >= 4 is 49.1 Å². The highest BCUT2D eigenvalue weighted by molar-refractivity contribution is 6.13. The molecule has 4 nitrogen and oxygen atoms in total. The highest BCUT2D eigenvalue weighted by atomic mass is 16.3. The molecule has 10 aromatic rings. The van der Waals surface area contributed by atoms with Crippen LogP contribution in [0.15, 0.2) is 199 Å². The molecule has 0 saturated heterocycles. The first-order chi connectivity index (χ1) is 28.2. The van der Waals surface area contributed by atoms with Crippen LogP contribution in [0, 0.1) is 0 Å². The zero-order valence-electron chi connectivity index (χ0n) is 31.0. The van der Waals surface area contributed by atoms with Crippen molar-refractivity contribution in [2.45, 2.75) is 12.3 Å². The molecule has 8 aromatic carbocycles. The van der Waals surface area contributed by atoms with E-state index < -0.39 is 0 Å². The third-order valence-corrected chi connectivity index (χ3v) is 11.3. The number of aromatic nitrogens is 3. The molecule has 11 rings (SSSR count). The van der Waals surface area contributed by atoms with E-state index in [1.165, 1.54) is 33.0 Å². The summed E-state index contributed by atoms with van der Waals surface area (Å²) in [5.74, 6) is 2.22. The minimum Gasteiger partial charge on any atom is -0.456 e. The fourth-order valence-corrected chi connectivity index (χ4v) is 8.44. The standard InChI is InChI=1S/C53H35N3O/c1-3-14-37(15-4-1)51-54-52(38-16-5-2-6-17-38)56-53(55-51)45-23-12-19-40-31-39(29-30-44(40)45)34-25-27-36(28-26-34)47-32-41(43-22-11-18-35-13-7-8-20-42(35)43)33-49-50(47)46-21-9-10-24-48(46)57-49/h1-25,27-34H,26H2. The van der Waals surface area contributed by atoms with Crippen molar-refractivity contribution in [1.82, 2.24) is 15.0 Å². The van der Waals surface area contributed by atoms with Crippen molar-refractivity contribution in [2.24, 2.45) is 0 Å². The Morgan fingerprint density at radius 1 is 0.439 bits per heavy atom. The average molecular weight is 730 g/mol. The highest BCUT2D eigenvalue weighted by Gasteiger charge is 2.20. The van der Waals surface area contributed by atoms with E-state index in [9.17, 15) is 0 Å². The first-order valence-electron chi connectivity index (χ1n) is 19.5. The molecule has 0 spiro atoms. The summed E-state index contributed by atoms with van der Waals surface area (Å²) in [7, 11) is 0. The quantitative estimate of drug-likeness (QED) is 0.171. The van der Waals surface area contributed by atoms with E-state index in [1.54, 1.807) is 0 Å². The zero-order chi connectivity index (χ0) is 37.7.